The summed E-state index contributed by atoms with van der Waals surface area (Å²) < 4.78 is 5.97. The molecule has 0 radical (unpaired) electrons. The fourth-order valence-electron chi connectivity index (χ4n) is 3.63. The molecule has 0 fully saturated rings. The molecule has 2 atom stereocenters. The van der Waals surface area contributed by atoms with E-state index in [1.54, 1.807) is 5.38 Å². The molecule has 1 heterocycles. The molecule has 1 aromatic heterocycles. The molecule has 2 aromatic carbocycles. The van der Waals surface area contributed by atoms with Crippen molar-refractivity contribution in [3.05, 3.63) is 74.6 Å². The Balaban J connectivity index is 1.46. The minimum atomic E-state index is -1.36. The first-order chi connectivity index (χ1) is 14.5. The van der Waals surface area contributed by atoms with Crippen molar-refractivity contribution in [3.63, 3.8) is 0 Å². The van der Waals surface area contributed by atoms with Crippen LogP contribution in [0.3, 0.4) is 0 Å². The third-order valence-corrected chi connectivity index (χ3v) is 6.68. The summed E-state index contributed by atoms with van der Waals surface area (Å²) in [5, 5.41) is 14.0. The van der Waals surface area contributed by atoms with Gasteiger partial charge in [0.25, 0.3) is 0 Å². The van der Waals surface area contributed by atoms with Crippen molar-refractivity contribution in [1.29, 1.82) is 0 Å². The van der Waals surface area contributed by atoms with Gasteiger partial charge in [0.2, 0.25) is 0 Å². The molecule has 154 valence electrons. The average molecular weight is 488 g/mol. The van der Waals surface area contributed by atoms with Crippen LogP contribution >= 0.6 is 27.3 Å². The number of nitrogens with zero attached hydrogens (tertiary/aromatic N) is 1. The van der Waals surface area contributed by atoms with Crippen molar-refractivity contribution in [1.82, 2.24) is 10.3 Å². The van der Waals surface area contributed by atoms with Crippen LogP contribution in [0.25, 0.3) is 11.1 Å². The summed E-state index contributed by atoms with van der Waals surface area (Å²) in [6.45, 7) is 0.0875. The summed E-state index contributed by atoms with van der Waals surface area (Å²) in [5.41, 5.74) is 10.4. The predicted molar refractivity (Wildman–Crippen MR) is 116 cm³/mol. The van der Waals surface area contributed by atoms with Gasteiger partial charge in [-0.05, 0) is 38.2 Å². The fraction of sp³-hybridized carbons (Fsp3) is 0.190. The molecule has 1 aliphatic carbocycles. The van der Waals surface area contributed by atoms with E-state index in [2.05, 4.69) is 26.2 Å². The van der Waals surface area contributed by atoms with Gasteiger partial charge < -0.3 is 20.9 Å². The van der Waals surface area contributed by atoms with Gasteiger partial charge in [0.15, 0.2) is 6.04 Å². The fourth-order valence-corrected chi connectivity index (χ4v) is 4.94. The third-order valence-electron chi connectivity index (χ3n) is 5.02. The monoisotopic (exact) mass is 487 g/mol. The first-order valence-corrected chi connectivity index (χ1v) is 10.8. The number of carboxylic acid groups (broad SMARTS) is 1. The number of aromatic nitrogens is 1. The molecule has 9 heteroatoms. The second kappa shape index (κ2) is 8.55. The smallest absolute Gasteiger partial charge is 0.407 e. The van der Waals surface area contributed by atoms with Crippen LogP contribution in [-0.2, 0) is 9.53 Å². The summed E-state index contributed by atoms with van der Waals surface area (Å²) >= 11 is 4.42. The zero-order valence-corrected chi connectivity index (χ0v) is 18.0. The minimum absolute atomic E-state index is 0.0875. The van der Waals surface area contributed by atoms with Gasteiger partial charge in [-0.1, -0.05) is 48.5 Å². The minimum Gasteiger partial charge on any atom is -0.480 e. The van der Waals surface area contributed by atoms with E-state index in [0.717, 1.165) is 22.3 Å². The molecule has 7 nitrogen and oxygen atoms in total. The Morgan fingerprint density at radius 3 is 2.30 bits per heavy atom. The molecular formula is C21H18BrN3O4S. The van der Waals surface area contributed by atoms with Crippen molar-refractivity contribution in [2.75, 3.05) is 6.61 Å². The molecular weight excluding hydrogens is 470 g/mol. The average Bonchev–Trinajstić information content (AvgIpc) is 3.31. The largest absolute Gasteiger partial charge is 0.480 e. The number of alkyl carbamates (subject to hydrolysis) is 1. The first kappa shape index (κ1) is 20.5. The number of hydrogen-bond acceptors (Lipinski definition) is 6. The van der Waals surface area contributed by atoms with Gasteiger partial charge in [0.1, 0.15) is 16.2 Å². The van der Waals surface area contributed by atoms with Crippen LogP contribution < -0.4 is 11.1 Å². The molecule has 1 aliphatic rings. The van der Waals surface area contributed by atoms with Gasteiger partial charge in [-0.2, -0.15) is 0 Å². The summed E-state index contributed by atoms with van der Waals surface area (Å²) in [6, 6.07) is 13.6. The van der Waals surface area contributed by atoms with Crippen LogP contribution in [-0.4, -0.2) is 34.8 Å². The zero-order valence-electron chi connectivity index (χ0n) is 15.6. The molecule has 0 saturated carbocycles. The van der Waals surface area contributed by atoms with Crippen LogP contribution in [0.15, 0.2) is 58.5 Å². The van der Waals surface area contributed by atoms with Crippen molar-refractivity contribution in [2.45, 2.75) is 18.0 Å². The highest BCUT2D eigenvalue weighted by molar-refractivity contribution is 9.10. The lowest BCUT2D eigenvalue weighted by Crippen LogP contribution is -2.48. The number of carbonyl (C=O) groups is 2. The zero-order chi connectivity index (χ0) is 21.3. The van der Waals surface area contributed by atoms with Crippen LogP contribution in [0, 0.1) is 0 Å². The number of carbonyl (C=O) groups excluding carboxylic acids is 1. The number of ether oxygens (including phenoxy) is 1. The van der Waals surface area contributed by atoms with E-state index in [9.17, 15) is 14.7 Å². The van der Waals surface area contributed by atoms with E-state index in [0.29, 0.717) is 9.61 Å². The highest BCUT2D eigenvalue weighted by Crippen LogP contribution is 2.44. The number of fused-ring (bicyclic) bond motifs is 3. The lowest BCUT2D eigenvalue weighted by Gasteiger charge is -2.20. The summed E-state index contributed by atoms with van der Waals surface area (Å²) in [6.07, 6.45) is -0.838. The number of nitrogens with one attached hydrogen (secondary N) is 1. The van der Waals surface area contributed by atoms with Gasteiger partial charge in [-0.25, -0.2) is 14.6 Å². The second-order valence-electron chi connectivity index (χ2n) is 6.82. The maximum atomic E-state index is 12.4. The van der Waals surface area contributed by atoms with Crippen LogP contribution in [0.1, 0.15) is 28.1 Å². The van der Waals surface area contributed by atoms with E-state index in [-0.39, 0.29) is 12.5 Å². The summed E-state index contributed by atoms with van der Waals surface area (Å²) in [4.78, 5) is 28.2. The van der Waals surface area contributed by atoms with Gasteiger partial charge in [0, 0.05) is 11.3 Å². The van der Waals surface area contributed by atoms with E-state index < -0.39 is 24.1 Å². The molecule has 4 N–H and O–H groups in total. The number of benzene rings is 2. The number of halogens is 1. The maximum absolute atomic E-state index is 12.4. The molecule has 3 aromatic rings. The molecule has 0 bridgehead atoms. The Labute approximate surface area is 185 Å². The summed E-state index contributed by atoms with van der Waals surface area (Å²) in [7, 11) is 0. The standard InChI is InChI=1S/C21H18BrN3O4S/c22-16-10-30-19(24-16)17(23)18(20(26)27)25-21(28)29-9-15-13-7-3-1-5-11(13)12-6-2-4-8-14(12)15/h1-8,10,15,17-18H,9,23H2,(H,25,28)(H,26,27)/t17-,18-/m0/s1. The van der Waals surface area contributed by atoms with Crippen molar-refractivity contribution < 1.29 is 19.4 Å². The molecule has 0 spiro atoms. The van der Waals surface area contributed by atoms with Gasteiger partial charge in [-0.15, -0.1) is 11.3 Å². The topological polar surface area (TPSA) is 115 Å². The number of amides is 1. The number of nitrogens with two attached hydrogens (primary N) is 1. The number of aliphatic carboxylic acids is 1. The molecule has 4 rings (SSSR count). The van der Waals surface area contributed by atoms with Gasteiger partial charge >= 0.3 is 12.1 Å². The lowest BCUT2D eigenvalue weighted by molar-refractivity contribution is -0.140. The Kier molecular flexibility index (Phi) is 5.85. The van der Waals surface area contributed by atoms with E-state index in [1.165, 1.54) is 11.3 Å². The van der Waals surface area contributed by atoms with E-state index >= 15 is 0 Å². The van der Waals surface area contributed by atoms with E-state index in [4.69, 9.17) is 10.5 Å². The summed E-state index contributed by atoms with van der Waals surface area (Å²) in [5.74, 6) is -1.38. The normalized spacial score (nSPS) is 14.5. The van der Waals surface area contributed by atoms with Crippen LogP contribution in [0.5, 0.6) is 0 Å². The molecule has 0 saturated heterocycles. The van der Waals surface area contributed by atoms with Crippen molar-refractivity contribution >= 4 is 39.3 Å². The number of thiazole rings is 1. The van der Waals surface area contributed by atoms with Crippen LogP contribution in [0.4, 0.5) is 4.79 Å². The van der Waals surface area contributed by atoms with Gasteiger partial charge in [-0.3, -0.25) is 0 Å². The second-order valence-corrected chi connectivity index (χ2v) is 8.52. The van der Waals surface area contributed by atoms with Crippen molar-refractivity contribution in [3.8, 4) is 11.1 Å². The highest BCUT2D eigenvalue weighted by Gasteiger charge is 2.32. The number of hydrogen-bond donors (Lipinski definition) is 3. The number of rotatable bonds is 6. The van der Waals surface area contributed by atoms with Crippen molar-refractivity contribution in [2.24, 2.45) is 5.73 Å². The Bertz CT molecular complexity index is 1060. The Morgan fingerprint density at radius 2 is 1.77 bits per heavy atom. The van der Waals surface area contributed by atoms with Gasteiger partial charge in [0.05, 0.1) is 6.04 Å². The lowest BCUT2D eigenvalue weighted by atomic mass is 9.98. The molecule has 30 heavy (non-hydrogen) atoms. The first-order valence-electron chi connectivity index (χ1n) is 9.16. The molecule has 0 unspecified atom stereocenters. The molecule has 0 aliphatic heterocycles. The predicted octanol–water partition coefficient (Wildman–Crippen LogP) is 3.90. The molecule has 1 amide bonds. The maximum Gasteiger partial charge on any atom is 0.407 e. The SMILES string of the molecule is N[C@H](c1nc(Br)cs1)[C@H](NC(=O)OCC1c2ccccc2-c2ccccc21)C(=O)O. The quantitative estimate of drug-likeness (QED) is 0.485. The highest BCUT2D eigenvalue weighted by atomic mass is 79.9. The van der Waals surface area contributed by atoms with E-state index in [1.807, 2.05) is 48.5 Å². The third kappa shape index (κ3) is 3.96. The Hall–Kier alpha value is -2.75. The number of carboxylic acids is 1. The van der Waals surface area contributed by atoms with Crippen LogP contribution in [0.2, 0.25) is 0 Å². The Morgan fingerprint density at radius 1 is 1.17 bits per heavy atom.